The number of nitrogens with zero attached hydrogens (tertiary/aromatic N) is 2. The number of benzene rings is 1. The van der Waals surface area contributed by atoms with Crippen LogP contribution in [0, 0.1) is 5.92 Å². The monoisotopic (exact) mass is 424 g/mol. The molecule has 0 aromatic heterocycles. The molecule has 6 aliphatic rings. The number of aromatic hydroxyl groups is 1. The van der Waals surface area contributed by atoms with Crippen LogP contribution in [0.15, 0.2) is 12.1 Å². The molecule has 4 fully saturated rings. The minimum atomic E-state index is -0.987. The zero-order valence-electron chi connectivity index (χ0n) is 17.5. The second-order valence-electron chi connectivity index (χ2n) is 10.6. The molecule has 2 N–H and O–H groups in total. The van der Waals surface area contributed by atoms with Gasteiger partial charge in [0.25, 0.3) is 0 Å². The molecule has 1 aromatic rings. The summed E-state index contributed by atoms with van der Waals surface area (Å²) in [6.45, 7) is 1.90. The molecule has 3 aliphatic carbocycles. The third-order valence-corrected chi connectivity index (χ3v) is 9.15. The Bertz CT molecular complexity index is 1010. The fourth-order valence-electron chi connectivity index (χ4n) is 7.68. The lowest BCUT2D eigenvalue weighted by molar-refractivity contribution is -0.201. The molecule has 0 unspecified atom stereocenters. The number of carbonyl (C=O) groups is 2. The van der Waals surface area contributed by atoms with Gasteiger partial charge in [0.2, 0.25) is 11.8 Å². The number of piperidine rings is 1. The Morgan fingerprint density at radius 3 is 2.61 bits per heavy atom. The number of imide groups is 1. The highest BCUT2D eigenvalue weighted by Crippen LogP contribution is 2.66. The van der Waals surface area contributed by atoms with Crippen LogP contribution >= 0.6 is 0 Å². The molecule has 164 valence electrons. The molecule has 2 saturated heterocycles. The molecular formula is C24H28N2O5. The average molecular weight is 424 g/mol. The number of carbonyl (C=O) groups excluding carboxylic acids is 2. The number of phenols is 1. The number of amides is 2. The van der Waals surface area contributed by atoms with E-state index >= 15 is 0 Å². The summed E-state index contributed by atoms with van der Waals surface area (Å²) in [4.78, 5) is 29.2. The lowest BCUT2D eigenvalue weighted by Crippen LogP contribution is -2.78. The molecule has 7 nitrogen and oxygen atoms in total. The molecule has 3 aliphatic heterocycles. The smallest absolute Gasteiger partial charge is 0.230 e. The van der Waals surface area contributed by atoms with Crippen molar-refractivity contribution in [2.75, 3.05) is 13.1 Å². The number of rotatable bonds is 3. The molecule has 0 radical (unpaired) electrons. The van der Waals surface area contributed by atoms with E-state index in [4.69, 9.17) is 4.74 Å². The molecule has 7 rings (SSSR count). The van der Waals surface area contributed by atoms with Gasteiger partial charge in [0.15, 0.2) is 11.5 Å². The highest BCUT2D eigenvalue weighted by Gasteiger charge is 2.74. The Morgan fingerprint density at radius 1 is 1.10 bits per heavy atom. The number of ether oxygens (including phenoxy) is 1. The Balaban J connectivity index is 1.40. The summed E-state index contributed by atoms with van der Waals surface area (Å²) in [6.07, 6.45) is 5.07. The zero-order chi connectivity index (χ0) is 21.1. The van der Waals surface area contributed by atoms with Gasteiger partial charge in [0, 0.05) is 31.0 Å². The summed E-state index contributed by atoms with van der Waals surface area (Å²) >= 11 is 0. The quantitative estimate of drug-likeness (QED) is 0.715. The number of likely N-dealkylation sites (tertiary alicyclic amines) is 2. The summed E-state index contributed by atoms with van der Waals surface area (Å²) in [6, 6.07) is 3.28. The van der Waals surface area contributed by atoms with Gasteiger partial charge in [-0.3, -0.25) is 19.4 Å². The summed E-state index contributed by atoms with van der Waals surface area (Å²) in [5, 5.41) is 23.1. The topological polar surface area (TPSA) is 90.3 Å². The van der Waals surface area contributed by atoms with Gasteiger partial charge in [-0.2, -0.15) is 0 Å². The van der Waals surface area contributed by atoms with Gasteiger partial charge in [-0.05, 0) is 62.6 Å². The average Bonchev–Trinajstić information content (AvgIpc) is 3.40. The van der Waals surface area contributed by atoms with Crippen molar-refractivity contribution in [3.63, 3.8) is 0 Å². The molecule has 7 heteroatoms. The van der Waals surface area contributed by atoms with Gasteiger partial charge in [-0.1, -0.05) is 6.07 Å². The van der Waals surface area contributed by atoms with Crippen LogP contribution in [-0.4, -0.2) is 68.7 Å². The van der Waals surface area contributed by atoms with E-state index in [1.807, 2.05) is 6.07 Å². The predicted octanol–water partition coefficient (Wildman–Crippen LogP) is 1.47. The Labute approximate surface area is 181 Å². The normalized spacial score (nSPS) is 40.8. The van der Waals surface area contributed by atoms with Crippen molar-refractivity contribution in [3.05, 3.63) is 23.3 Å². The van der Waals surface area contributed by atoms with Gasteiger partial charge in [0.1, 0.15) is 6.10 Å². The first-order valence-corrected chi connectivity index (χ1v) is 11.8. The first-order chi connectivity index (χ1) is 14.9. The summed E-state index contributed by atoms with van der Waals surface area (Å²) in [5.74, 6) is 1.00. The van der Waals surface area contributed by atoms with Crippen LogP contribution in [0.3, 0.4) is 0 Å². The Hall–Kier alpha value is -2.12. The fraction of sp³-hybridized carbons (Fsp3) is 0.667. The Kier molecular flexibility index (Phi) is 3.46. The second kappa shape index (κ2) is 5.81. The molecule has 31 heavy (non-hydrogen) atoms. The minimum absolute atomic E-state index is 0.00174. The molecule has 2 saturated carbocycles. The number of hydrogen-bond donors (Lipinski definition) is 2. The van der Waals surface area contributed by atoms with Crippen LogP contribution in [0.5, 0.6) is 11.5 Å². The first kappa shape index (κ1) is 18.5. The molecule has 2 bridgehead atoms. The van der Waals surface area contributed by atoms with E-state index < -0.39 is 23.2 Å². The maximum atomic E-state index is 12.6. The third kappa shape index (κ3) is 2.12. The maximum Gasteiger partial charge on any atom is 0.230 e. The third-order valence-electron chi connectivity index (χ3n) is 9.15. The number of aliphatic hydroxyl groups is 1. The van der Waals surface area contributed by atoms with Crippen molar-refractivity contribution >= 4 is 11.8 Å². The van der Waals surface area contributed by atoms with Crippen LogP contribution in [0.1, 0.15) is 56.1 Å². The van der Waals surface area contributed by atoms with Crippen molar-refractivity contribution in [2.24, 2.45) is 5.92 Å². The largest absolute Gasteiger partial charge is 0.504 e. The van der Waals surface area contributed by atoms with Crippen molar-refractivity contribution < 1.29 is 24.5 Å². The van der Waals surface area contributed by atoms with Gasteiger partial charge in [-0.25, -0.2) is 0 Å². The van der Waals surface area contributed by atoms with Crippen molar-refractivity contribution in [1.82, 2.24) is 9.80 Å². The predicted molar refractivity (Wildman–Crippen MR) is 110 cm³/mol. The lowest BCUT2D eigenvalue weighted by atomic mass is 9.48. The standard InChI is InChI=1S/C24H28N2O5/c27-16-4-3-14-11-17-24(30)8-7-15(26-18(28)5-6-19(26)29)22-23(24,20(14)21(16)31-22)9-10-25(17)12-13-1-2-13/h3-4,13,15,17,22,27,30H,1-2,5-12H2/t15-,17-,22+,23+,24-/m1/s1. The van der Waals surface area contributed by atoms with Crippen LogP contribution in [-0.2, 0) is 21.4 Å². The highest BCUT2D eigenvalue weighted by molar-refractivity contribution is 6.02. The van der Waals surface area contributed by atoms with Crippen LogP contribution < -0.4 is 4.74 Å². The van der Waals surface area contributed by atoms with Crippen molar-refractivity contribution in [2.45, 2.75) is 80.6 Å². The lowest BCUT2D eigenvalue weighted by Gasteiger charge is -2.64. The van der Waals surface area contributed by atoms with Gasteiger partial charge in [0.05, 0.1) is 17.1 Å². The van der Waals surface area contributed by atoms with Crippen molar-refractivity contribution in [3.8, 4) is 11.5 Å². The molecule has 5 atom stereocenters. The maximum absolute atomic E-state index is 12.6. The van der Waals surface area contributed by atoms with E-state index in [-0.39, 0.29) is 36.4 Å². The van der Waals surface area contributed by atoms with Crippen LogP contribution in [0.4, 0.5) is 0 Å². The summed E-state index contributed by atoms with van der Waals surface area (Å²) < 4.78 is 6.45. The van der Waals surface area contributed by atoms with E-state index in [0.29, 0.717) is 25.0 Å². The molecule has 2 amide bonds. The number of phenolic OH excluding ortho intramolecular Hbond substituents is 1. The van der Waals surface area contributed by atoms with E-state index in [2.05, 4.69) is 4.90 Å². The van der Waals surface area contributed by atoms with Gasteiger partial charge >= 0.3 is 0 Å². The molecule has 3 heterocycles. The molecule has 1 aromatic carbocycles. The first-order valence-electron chi connectivity index (χ1n) is 11.8. The zero-order valence-corrected chi connectivity index (χ0v) is 17.5. The summed E-state index contributed by atoms with van der Waals surface area (Å²) in [7, 11) is 0. The minimum Gasteiger partial charge on any atom is -0.504 e. The molecular weight excluding hydrogens is 396 g/mol. The number of hydrogen-bond acceptors (Lipinski definition) is 6. The van der Waals surface area contributed by atoms with Crippen molar-refractivity contribution in [1.29, 1.82) is 0 Å². The van der Waals surface area contributed by atoms with E-state index in [0.717, 1.165) is 36.6 Å². The van der Waals surface area contributed by atoms with Gasteiger partial charge in [-0.15, -0.1) is 0 Å². The van der Waals surface area contributed by atoms with Crippen LogP contribution in [0.25, 0.3) is 0 Å². The summed E-state index contributed by atoms with van der Waals surface area (Å²) in [5.41, 5.74) is 0.390. The van der Waals surface area contributed by atoms with Crippen LogP contribution in [0.2, 0.25) is 0 Å². The van der Waals surface area contributed by atoms with E-state index in [1.54, 1.807) is 6.07 Å². The molecule has 1 spiro atoms. The van der Waals surface area contributed by atoms with E-state index in [9.17, 15) is 19.8 Å². The highest BCUT2D eigenvalue weighted by atomic mass is 16.5. The Morgan fingerprint density at radius 2 is 1.87 bits per heavy atom. The fourth-order valence-corrected chi connectivity index (χ4v) is 7.68. The SMILES string of the molecule is O=C1CCC(=O)N1[C@@H]1CC[C@@]2(O)[C@H]3Cc4ccc(O)c5c4[C@@]2(CCN3CC2CC2)[C@H]1O5. The second-order valence-corrected chi connectivity index (χ2v) is 10.6. The van der Waals surface area contributed by atoms with Gasteiger partial charge < -0.3 is 14.9 Å². The van der Waals surface area contributed by atoms with E-state index in [1.165, 1.54) is 17.7 Å².